The van der Waals surface area contributed by atoms with Crippen LogP contribution in [0.3, 0.4) is 0 Å². The van der Waals surface area contributed by atoms with Gasteiger partial charge in [0, 0.05) is 0 Å². The molecule has 0 radical (unpaired) electrons. The monoisotopic (exact) mass is 152 g/mol. The summed E-state index contributed by atoms with van der Waals surface area (Å²) in [6, 6.07) is 0. The van der Waals surface area contributed by atoms with Crippen molar-refractivity contribution in [2.45, 2.75) is 5.66 Å². The average molecular weight is 152 g/mol. The third kappa shape index (κ3) is 1.56. The van der Waals surface area contributed by atoms with E-state index in [1.54, 1.807) is 24.3 Å². The van der Waals surface area contributed by atoms with Crippen LogP contribution in [0.15, 0.2) is 24.3 Å². The smallest absolute Gasteiger partial charge is 0.178 e. The molecular formula is C8H12N2O. The second-order valence-corrected chi connectivity index (χ2v) is 2.44. The molecule has 1 aliphatic carbocycles. The van der Waals surface area contributed by atoms with E-state index in [1.807, 2.05) is 14.1 Å². The first kappa shape index (κ1) is 8.17. The number of hydrogen-bond donors (Lipinski definition) is 2. The number of rotatable bonds is 2. The maximum absolute atomic E-state index is 10.8. The molecule has 3 heteroatoms. The van der Waals surface area contributed by atoms with Crippen molar-refractivity contribution in [3.8, 4) is 0 Å². The van der Waals surface area contributed by atoms with Gasteiger partial charge < -0.3 is 0 Å². The van der Waals surface area contributed by atoms with Crippen molar-refractivity contribution in [1.29, 1.82) is 0 Å². The average Bonchev–Trinajstić information content (AvgIpc) is 2.07. The molecule has 0 aromatic heterocycles. The van der Waals surface area contributed by atoms with E-state index in [4.69, 9.17) is 0 Å². The van der Waals surface area contributed by atoms with Gasteiger partial charge in [-0.1, -0.05) is 0 Å². The van der Waals surface area contributed by atoms with E-state index in [-0.39, 0.29) is 11.4 Å². The highest BCUT2D eigenvalue weighted by Gasteiger charge is 2.21. The molecule has 0 aromatic rings. The van der Waals surface area contributed by atoms with E-state index >= 15 is 0 Å². The van der Waals surface area contributed by atoms with Crippen molar-refractivity contribution in [1.82, 2.24) is 10.6 Å². The summed E-state index contributed by atoms with van der Waals surface area (Å²) in [5, 5.41) is 6.10. The van der Waals surface area contributed by atoms with Gasteiger partial charge in [0.15, 0.2) is 5.78 Å². The van der Waals surface area contributed by atoms with Gasteiger partial charge in [-0.2, -0.15) is 0 Å². The van der Waals surface area contributed by atoms with Gasteiger partial charge in [-0.25, -0.2) is 0 Å². The Morgan fingerprint density at radius 3 is 2.00 bits per heavy atom. The SMILES string of the molecule is CNC1(NC)C=CC(=O)C=C1. The van der Waals surface area contributed by atoms with Crippen LogP contribution in [0.4, 0.5) is 0 Å². The summed E-state index contributed by atoms with van der Waals surface area (Å²) in [7, 11) is 3.67. The molecule has 11 heavy (non-hydrogen) atoms. The minimum Gasteiger partial charge on any atom is -0.296 e. The van der Waals surface area contributed by atoms with E-state index in [0.29, 0.717) is 0 Å². The Kier molecular flexibility index (Phi) is 2.22. The van der Waals surface area contributed by atoms with Gasteiger partial charge in [0.1, 0.15) is 5.66 Å². The Hall–Kier alpha value is -0.930. The molecule has 0 bridgehead atoms. The number of ketones is 1. The van der Waals surface area contributed by atoms with Gasteiger partial charge in [0.25, 0.3) is 0 Å². The molecule has 0 aromatic carbocycles. The third-order valence-electron chi connectivity index (χ3n) is 1.85. The van der Waals surface area contributed by atoms with E-state index in [9.17, 15) is 4.79 Å². The molecule has 2 N–H and O–H groups in total. The van der Waals surface area contributed by atoms with Crippen LogP contribution in [0.2, 0.25) is 0 Å². The second kappa shape index (κ2) is 2.98. The zero-order valence-electron chi connectivity index (χ0n) is 6.72. The van der Waals surface area contributed by atoms with Gasteiger partial charge in [0.2, 0.25) is 0 Å². The molecule has 3 nitrogen and oxygen atoms in total. The molecule has 0 amide bonds. The quantitative estimate of drug-likeness (QED) is 0.539. The molecule has 0 spiro atoms. The maximum atomic E-state index is 10.8. The lowest BCUT2D eigenvalue weighted by Gasteiger charge is -2.27. The van der Waals surface area contributed by atoms with E-state index < -0.39 is 0 Å². The zero-order chi connectivity index (χ0) is 8.32. The predicted octanol–water partition coefficient (Wildman–Crippen LogP) is -0.183. The summed E-state index contributed by atoms with van der Waals surface area (Å²) in [4.78, 5) is 10.8. The van der Waals surface area contributed by atoms with Crippen LogP contribution in [0.25, 0.3) is 0 Å². The van der Waals surface area contributed by atoms with Gasteiger partial charge in [-0.3, -0.25) is 15.4 Å². The minimum absolute atomic E-state index is 0.0334. The summed E-state index contributed by atoms with van der Waals surface area (Å²) >= 11 is 0. The summed E-state index contributed by atoms with van der Waals surface area (Å²) in [6.07, 6.45) is 6.70. The Balaban J connectivity index is 2.81. The number of carbonyl (C=O) groups excluding carboxylic acids is 1. The van der Waals surface area contributed by atoms with Crippen LogP contribution in [-0.2, 0) is 4.79 Å². The molecule has 0 aliphatic heterocycles. The van der Waals surface area contributed by atoms with Crippen molar-refractivity contribution in [2.24, 2.45) is 0 Å². The van der Waals surface area contributed by atoms with Crippen molar-refractivity contribution in [3.05, 3.63) is 24.3 Å². The topological polar surface area (TPSA) is 41.1 Å². The van der Waals surface area contributed by atoms with Gasteiger partial charge in [0.05, 0.1) is 0 Å². The molecule has 60 valence electrons. The van der Waals surface area contributed by atoms with Crippen molar-refractivity contribution < 1.29 is 4.79 Å². The molecule has 1 rings (SSSR count). The number of nitrogens with one attached hydrogen (secondary N) is 2. The third-order valence-corrected chi connectivity index (χ3v) is 1.85. The Morgan fingerprint density at radius 2 is 1.64 bits per heavy atom. The summed E-state index contributed by atoms with van der Waals surface area (Å²) < 4.78 is 0. The zero-order valence-corrected chi connectivity index (χ0v) is 6.72. The molecule has 1 aliphatic rings. The Bertz CT molecular complexity index is 196. The summed E-state index contributed by atoms with van der Waals surface area (Å²) in [5.74, 6) is 0.0334. The van der Waals surface area contributed by atoms with E-state index in [2.05, 4.69) is 10.6 Å². The predicted molar refractivity (Wildman–Crippen MR) is 44.1 cm³/mol. The fourth-order valence-electron chi connectivity index (χ4n) is 0.997. The highest BCUT2D eigenvalue weighted by atomic mass is 16.1. The van der Waals surface area contributed by atoms with Crippen molar-refractivity contribution in [2.75, 3.05) is 14.1 Å². The first-order valence-electron chi connectivity index (χ1n) is 3.53. The lowest BCUT2D eigenvalue weighted by atomic mass is 10.0. The Morgan fingerprint density at radius 1 is 1.18 bits per heavy atom. The van der Waals surface area contributed by atoms with Crippen molar-refractivity contribution >= 4 is 5.78 Å². The summed E-state index contributed by atoms with van der Waals surface area (Å²) in [5.41, 5.74) is -0.339. The highest BCUT2D eigenvalue weighted by molar-refractivity contribution is 6.00. The molecular weight excluding hydrogens is 140 g/mol. The molecule has 0 heterocycles. The molecule has 0 saturated carbocycles. The number of hydrogen-bond acceptors (Lipinski definition) is 3. The number of likely N-dealkylation sites (N-methyl/N-ethyl adjacent to an activating group) is 2. The van der Waals surface area contributed by atoms with Gasteiger partial charge >= 0.3 is 0 Å². The van der Waals surface area contributed by atoms with Crippen LogP contribution in [0, 0.1) is 0 Å². The lowest BCUT2D eigenvalue weighted by molar-refractivity contribution is -0.110. The molecule has 0 unspecified atom stereocenters. The van der Waals surface area contributed by atoms with Gasteiger partial charge in [-0.15, -0.1) is 0 Å². The van der Waals surface area contributed by atoms with E-state index in [0.717, 1.165) is 0 Å². The van der Waals surface area contributed by atoms with Gasteiger partial charge in [-0.05, 0) is 38.4 Å². The Labute approximate surface area is 66.2 Å². The number of allylic oxidation sites excluding steroid dienone is 2. The fourth-order valence-corrected chi connectivity index (χ4v) is 0.997. The number of carbonyl (C=O) groups is 1. The molecule has 0 fully saturated rings. The van der Waals surface area contributed by atoms with Crippen LogP contribution in [0.1, 0.15) is 0 Å². The van der Waals surface area contributed by atoms with Crippen molar-refractivity contribution in [3.63, 3.8) is 0 Å². The first-order chi connectivity index (χ1) is 5.22. The maximum Gasteiger partial charge on any atom is 0.178 e. The van der Waals surface area contributed by atoms with E-state index in [1.165, 1.54) is 0 Å². The second-order valence-electron chi connectivity index (χ2n) is 2.44. The lowest BCUT2D eigenvalue weighted by Crippen LogP contribution is -2.51. The fraction of sp³-hybridized carbons (Fsp3) is 0.375. The highest BCUT2D eigenvalue weighted by Crippen LogP contribution is 2.08. The largest absolute Gasteiger partial charge is 0.296 e. The molecule has 0 atom stereocenters. The van der Waals surface area contributed by atoms with Crippen LogP contribution >= 0.6 is 0 Å². The summed E-state index contributed by atoms with van der Waals surface area (Å²) in [6.45, 7) is 0. The molecule has 0 saturated heterocycles. The van der Waals surface area contributed by atoms with Crippen LogP contribution in [-0.4, -0.2) is 25.5 Å². The standard InChI is InChI=1S/C8H12N2O/c1-9-8(10-2)5-3-7(11)4-6-8/h3-6,9-10H,1-2H3. The minimum atomic E-state index is -0.339. The van der Waals surface area contributed by atoms with Crippen LogP contribution in [0.5, 0.6) is 0 Å². The first-order valence-corrected chi connectivity index (χ1v) is 3.53. The van der Waals surface area contributed by atoms with Crippen LogP contribution < -0.4 is 10.6 Å². The normalized spacial score (nSPS) is 20.7.